The van der Waals surface area contributed by atoms with Gasteiger partial charge in [-0.25, -0.2) is 15.6 Å². The normalized spacial score (nSPS) is 15.7. The zero-order chi connectivity index (χ0) is 22.1. The van der Waals surface area contributed by atoms with Crippen molar-refractivity contribution >= 4 is 50.8 Å². The monoisotopic (exact) mass is 497 g/mol. The number of anilines is 1. The SMILES string of the molecule is COC(=O)c1cccc(C2N=C(c3ccccc3Cl)c3cc(Br)ccc3N(N)C2=O)c1. The first-order valence-electron chi connectivity index (χ1n) is 9.30. The highest BCUT2D eigenvalue weighted by atomic mass is 79.9. The summed E-state index contributed by atoms with van der Waals surface area (Å²) in [4.78, 5) is 30.2. The lowest BCUT2D eigenvalue weighted by Gasteiger charge is -2.20. The van der Waals surface area contributed by atoms with Gasteiger partial charge in [-0.3, -0.25) is 9.79 Å². The van der Waals surface area contributed by atoms with Crippen LogP contribution in [-0.2, 0) is 9.53 Å². The molecule has 8 heteroatoms. The van der Waals surface area contributed by atoms with Crippen LogP contribution >= 0.6 is 27.5 Å². The maximum absolute atomic E-state index is 13.3. The molecule has 1 amide bonds. The third kappa shape index (κ3) is 3.99. The molecule has 0 spiro atoms. The quantitative estimate of drug-likeness (QED) is 0.323. The van der Waals surface area contributed by atoms with E-state index in [0.717, 1.165) is 9.48 Å². The van der Waals surface area contributed by atoms with Crippen LogP contribution in [0, 0.1) is 0 Å². The van der Waals surface area contributed by atoms with E-state index in [0.29, 0.717) is 38.7 Å². The van der Waals surface area contributed by atoms with Gasteiger partial charge in [0.05, 0.1) is 24.1 Å². The van der Waals surface area contributed by atoms with Crippen molar-refractivity contribution in [2.45, 2.75) is 6.04 Å². The Morgan fingerprint density at radius 1 is 1.10 bits per heavy atom. The fourth-order valence-corrected chi connectivity index (χ4v) is 4.04. The number of hydrogen-bond donors (Lipinski definition) is 1. The predicted molar refractivity (Wildman–Crippen MR) is 123 cm³/mol. The molecule has 6 nitrogen and oxygen atoms in total. The molecule has 0 aliphatic carbocycles. The molecule has 156 valence electrons. The number of aliphatic imine (C=N–C) groups is 1. The van der Waals surface area contributed by atoms with Gasteiger partial charge in [-0.1, -0.05) is 57.9 Å². The molecular weight excluding hydrogens is 482 g/mol. The number of halogens is 2. The zero-order valence-electron chi connectivity index (χ0n) is 16.4. The molecule has 31 heavy (non-hydrogen) atoms. The van der Waals surface area contributed by atoms with Crippen LogP contribution < -0.4 is 10.9 Å². The Hall–Kier alpha value is -3.00. The maximum Gasteiger partial charge on any atom is 0.337 e. The Balaban J connectivity index is 1.97. The number of benzodiazepines with no additional fused rings is 1. The third-order valence-electron chi connectivity index (χ3n) is 4.96. The van der Waals surface area contributed by atoms with E-state index in [1.54, 1.807) is 42.5 Å². The molecule has 4 rings (SSSR count). The van der Waals surface area contributed by atoms with Crippen molar-refractivity contribution in [3.63, 3.8) is 0 Å². The van der Waals surface area contributed by atoms with Crippen molar-refractivity contribution in [2.24, 2.45) is 10.8 Å². The number of rotatable bonds is 3. The lowest BCUT2D eigenvalue weighted by atomic mass is 10.00. The van der Waals surface area contributed by atoms with Crippen LogP contribution in [0.3, 0.4) is 0 Å². The van der Waals surface area contributed by atoms with Gasteiger partial charge in [0.2, 0.25) is 0 Å². The first kappa shape index (κ1) is 21.2. The third-order valence-corrected chi connectivity index (χ3v) is 5.78. The van der Waals surface area contributed by atoms with E-state index in [4.69, 9.17) is 27.2 Å². The molecule has 1 aliphatic rings. The number of benzene rings is 3. The molecule has 0 saturated carbocycles. The Labute approximate surface area is 192 Å². The standard InChI is InChI=1S/C23H17BrClN3O3/c1-31-23(30)14-6-4-5-13(11-14)20-22(29)28(26)19-10-9-15(24)12-17(19)21(27-20)16-7-2-3-8-18(16)25/h2-12,20H,26H2,1H3. The van der Waals surface area contributed by atoms with Crippen molar-refractivity contribution in [3.8, 4) is 0 Å². The number of methoxy groups -OCH3 is 1. The second-order valence-corrected chi connectivity index (χ2v) is 8.17. The molecule has 0 saturated heterocycles. The van der Waals surface area contributed by atoms with Crippen molar-refractivity contribution < 1.29 is 14.3 Å². The Morgan fingerprint density at radius 2 is 1.87 bits per heavy atom. The summed E-state index contributed by atoms with van der Waals surface area (Å²) in [5.41, 5.74) is 3.18. The Bertz CT molecular complexity index is 1230. The molecule has 1 heterocycles. The van der Waals surface area contributed by atoms with E-state index < -0.39 is 17.9 Å². The largest absolute Gasteiger partial charge is 0.465 e. The molecule has 0 aromatic heterocycles. The summed E-state index contributed by atoms with van der Waals surface area (Å²) >= 11 is 9.97. The van der Waals surface area contributed by atoms with E-state index in [9.17, 15) is 9.59 Å². The fraction of sp³-hybridized carbons (Fsp3) is 0.0870. The van der Waals surface area contributed by atoms with Crippen molar-refractivity contribution in [1.82, 2.24) is 0 Å². The molecule has 2 N–H and O–H groups in total. The lowest BCUT2D eigenvalue weighted by Crippen LogP contribution is -2.40. The molecule has 0 bridgehead atoms. The van der Waals surface area contributed by atoms with Crippen molar-refractivity contribution in [3.05, 3.63) is 98.5 Å². The molecule has 1 atom stereocenters. The second-order valence-electron chi connectivity index (χ2n) is 6.85. The van der Waals surface area contributed by atoms with Gasteiger partial charge < -0.3 is 4.74 Å². The molecule has 1 aliphatic heterocycles. The van der Waals surface area contributed by atoms with E-state index in [2.05, 4.69) is 15.9 Å². The smallest absolute Gasteiger partial charge is 0.337 e. The van der Waals surface area contributed by atoms with E-state index in [1.807, 2.05) is 24.3 Å². The summed E-state index contributed by atoms with van der Waals surface area (Å²) in [6.45, 7) is 0. The fourth-order valence-electron chi connectivity index (χ4n) is 3.45. The van der Waals surface area contributed by atoms with Crippen molar-refractivity contribution in [2.75, 3.05) is 12.1 Å². The van der Waals surface area contributed by atoms with Crippen LogP contribution in [0.1, 0.15) is 33.1 Å². The van der Waals surface area contributed by atoms with Gasteiger partial charge in [0, 0.05) is 20.6 Å². The highest BCUT2D eigenvalue weighted by Gasteiger charge is 2.32. The van der Waals surface area contributed by atoms with Gasteiger partial charge in [0.15, 0.2) is 6.04 Å². The van der Waals surface area contributed by atoms with Crippen LogP contribution in [-0.4, -0.2) is 24.7 Å². The topological polar surface area (TPSA) is 85.0 Å². The average Bonchev–Trinajstić information content (AvgIpc) is 2.89. The van der Waals surface area contributed by atoms with Crippen LogP contribution in [0.4, 0.5) is 5.69 Å². The molecule has 3 aromatic carbocycles. The van der Waals surface area contributed by atoms with Crippen LogP contribution in [0.5, 0.6) is 0 Å². The number of nitrogens with zero attached hydrogens (tertiary/aromatic N) is 2. The molecule has 0 fully saturated rings. The molecule has 1 unspecified atom stereocenters. The van der Waals surface area contributed by atoms with Gasteiger partial charge in [-0.15, -0.1) is 0 Å². The van der Waals surface area contributed by atoms with Crippen LogP contribution in [0.15, 0.2) is 76.2 Å². The van der Waals surface area contributed by atoms with E-state index >= 15 is 0 Å². The van der Waals surface area contributed by atoms with Gasteiger partial charge in [0.25, 0.3) is 5.91 Å². The summed E-state index contributed by atoms with van der Waals surface area (Å²) in [5.74, 6) is 5.30. The van der Waals surface area contributed by atoms with Crippen LogP contribution in [0.2, 0.25) is 5.02 Å². The summed E-state index contributed by atoms with van der Waals surface area (Å²) in [5, 5.41) is 1.58. The summed E-state index contributed by atoms with van der Waals surface area (Å²) < 4.78 is 5.61. The minimum Gasteiger partial charge on any atom is -0.465 e. The summed E-state index contributed by atoms with van der Waals surface area (Å²) in [7, 11) is 1.30. The average molecular weight is 499 g/mol. The molecular formula is C23H17BrClN3O3. The number of nitrogens with two attached hydrogens (primary N) is 1. The highest BCUT2D eigenvalue weighted by molar-refractivity contribution is 9.10. The number of amides is 1. The first-order valence-corrected chi connectivity index (χ1v) is 10.5. The van der Waals surface area contributed by atoms with E-state index in [-0.39, 0.29) is 0 Å². The Morgan fingerprint density at radius 3 is 2.61 bits per heavy atom. The first-order chi connectivity index (χ1) is 14.9. The highest BCUT2D eigenvalue weighted by Crippen LogP contribution is 2.35. The Kier molecular flexibility index (Phi) is 5.91. The van der Waals surface area contributed by atoms with Gasteiger partial charge >= 0.3 is 5.97 Å². The number of esters is 1. The lowest BCUT2D eigenvalue weighted by molar-refractivity contribution is -0.119. The predicted octanol–water partition coefficient (Wildman–Crippen LogP) is 4.69. The number of fused-ring (bicyclic) bond motifs is 1. The van der Waals surface area contributed by atoms with E-state index in [1.165, 1.54) is 7.11 Å². The number of hydrazine groups is 1. The number of ether oxygens (including phenoxy) is 1. The second kappa shape index (κ2) is 8.63. The van der Waals surface area contributed by atoms with Gasteiger partial charge in [0.1, 0.15) is 0 Å². The summed E-state index contributed by atoms with van der Waals surface area (Å²) in [6, 6.07) is 18.3. The van der Waals surface area contributed by atoms with Gasteiger partial charge in [-0.2, -0.15) is 0 Å². The maximum atomic E-state index is 13.3. The van der Waals surface area contributed by atoms with Gasteiger partial charge in [-0.05, 0) is 42.0 Å². The van der Waals surface area contributed by atoms with Crippen molar-refractivity contribution in [1.29, 1.82) is 0 Å². The number of carbonyl (C=O) groups excluding carboxylic acids is 2. The molecule has 3 aromatic rings. The minimum absolute atomic E-state index is 0.315. The minimum atomic E-state index is -0.980. The number of carbonyl (C=O) groups is 2. The van der Waals surface area contributed by atoms with Crippen LogP contribution in [0.25, 0.3) is 0 Å². The number of hydrogen-bond acceptors (Lipinski definition) is 5. The molecule has 0 radical (unpaired) electrons. The zero-order valence-corrected chi connectivity index (χ0v) is 18.7. The summed E-state index contributed by atoms with van der Waals surface area (Å²) in [6.07, 6.45) is 0.